The number of aryl methyl sites for hydroxylation is 1. The zero-order valence-corrected chi connectivity index (χ0v) is 10.8. The Morgan fingerprint density at radius 3 is 3.06 bits per heavy atom. The highest BCUT2D eigenvalue weighted by Crippen LogP contribution is 2.28. The minimum absolute atomic E-state index is 0.00296. The van der Waals surface area contributed by atoms with Crippen molar-refractivity contribution in [3.05, 3.63) is 23.0 Å². The van der Waals surface area contributed by atoms with Gasteiger partial charge >= 0.3 is 0 Å². The summed E-state index contributed by atoms with van der Waals surface area (Å²) in [7, 11) is 0. The Kier molecular flexibility index (Phi) is 3.35. The Morgan fingerprint density at radius 2 is 2.41 bits per heavy atom. The van der Waals surface area contributed by atoms with Gasteiger partial charge in [0.15, 0.2) is 5.15 Å². The van der Waals surface area contributed by atoms with Gasteiger partial charge in [0.1, 0.15) is 0 Å². The minimum Gasteiger partial charge on any atom is -0.323 e. The predicted octanol–water partition coefficient (Wildman–Crippen LogP) is 1.98. The van der Waals surface area contributed by atoms with E-state index in [9.17, 15) is 4.79 Å². The lowest BCUT2D eigenvalue weighted by molar-refractivity contribution is -0.123. The Hall–Kier alpha value is -1.13. The van der Waals surface area contributed by atoms with Crippen molar-refractivity contribution in [2.75, 3.05) is 18.4 Å². The molecule has 1 saturated heterocycles. The minimum atomic E-state index is -0.354. The van der Waals surface area contributed by atoms with Crippen LogP contribution in [0.2, 0.25) is 5.15 Å². The van der Waals surface area contributed by atoms with Crippen molar-refractivity contribution in [3.63, 3.8) is 0 Å². The molecule has 2 N–H and O–H groups in total. The van der Waals surface area contributed by atoms with Crippen molar-refractivity contribution in [3.8, 4) is 0 Å². The monoisotopic (exact) mass is 253 g/mol. The van der Waals surface area contributed by atoms with Crippen LogP contribution in [0.4, 0.5) is 5.69 Å². The second-order valence-corrected chi connectivity index (χ2v) is 5.15. The summed E-state index contributed by atoms with van der Waals surface area (Å²) >= 11 is 5.95. The van der Waals surface area contributed by atoms with E-state index < -0.39 is 0 Å². The molecule has 0 bridgehead atoms. The number of nitrogens with one attached hydrogen (secondary N) is 2. The van der Waals surface area contributed by atoms with E-state index in [1.54, 1.807) is 6.20 Å². The van der Waals surface area contributed by atoms with Gasteiger partial charge in [-0.3, -0.25) is 4.79 Å². The first-order chi connectivity index (χ1) is 8.01. The summed E-state index contributed by atoms with van der Waals surface area (Å²) in [6.45, 7) is 5.46. The van der Waals surface area contributed by atoms with Gasteiger partial charge in [-0.1, -0.05) is 11.6 Å². The lowest BCUT2D eigenvalue weighted by atomic mass is 9.89. The maximum Gasteiger partial charge on any atom is 0.231 e. The fourth-order valence-corrected chi connectivity index (χ4v) is 2.07. The van der Waals surface area contributed by atoms with Gasteiger partial charge in [0.25, 0.3) is 0 Å². The molecule has 1 atom stereocenters. The van der Waals surface area contributed by atoms with Gasteiger partial charge in [-0.05, 0) is 38.4 Å². The van der Waals surface area contributed by atoms with Gasteiger partial charge in [0.2, 0.25) is 5.91 Å². The summed E-state index contributed by atoms with van der Waals surface area (Å²) in [6.07, 6.45) is 2.52. The number of halogens is 1. The number of pyridine rings is 1. The largest absolute Gasteiger partial charge is 0.323 e. The summed E-state index contributed by atoms with van der Waals surface area (Å²) in [5, 5.41) is 6.39. The zero-order chi connectivity index (χ0) is 12.5. The van der Waals surface area contributed by atoms with Gasteiger partial charge in [-0.25, -0.2) is 4.98 Å². The average Bonchev–Trinajstić information content (AvgIpc) is 2.72. The average molecular weight is 254 g/mol. The number of anilines is 1. The first-order valence-electron chi connectivity index (χ1n) is 5.66. The summed E-state index contributed by atoms with van der Waals surface area (Å²) < 4.78 is 0. The molecule has 92 valence electrons. The van der Waals surface area contributed by atoms with Crippen molar-refractivity contribution >= 4 is 23.2 Å². The van der Waals surface area contributed by atoms with Crippen molar-refractivity contribution in [2.45, 2.75) is 20.3 Å². The molecule has 1 aliphatic rings. The summed E-state index contributed by atoms with van der Waals surface area (Å²) in [5.74, 6) is -0.00296. The van der Waals surface area contributed by atoms with Crippen LogP contribution in [0.25, 0.3) is 0 Å². The SMILES string of the molecule is Cc1cnc(Cl)c(NC(=O)C2(C)CCNC2)c1. The number of aromatic nitrogens is 1. The van der Waals surface area contributed by atoms with Crippen LogP contribution >= 0.6 is 11.6 Å². The molecule has 1 aromatic rings. The third-order valence-electron chi connectivity index (χ3n) is 3.14. The third kappa shape index (κ3) is 2.58. The van der Waals surface area contributed by atoms with E-state index in [1.165, 1.54) is 0 Å². The molecule has 0 spiro atoms. The molecule has 17 heavy (non-hydrogen) atoms. The summed E-state index contributed by atoms with van der Waals surface area (Å²) in [4.78, 5) is 16.2. The molecular weight excluding hydrogens is 238 g/mol. The number of rotatable bonds is 2. The fourth-order valence-electron chi connectivity index (χ4n) is 1.92. The predicted molar refractivity (Wildman–Crippen MR) is 68.2 cm³/mol. The molecule has 1 fully saturated rings. The molecule has 0 saturated carbocycles. The highest BCUT2D eigenvalue weighted by molar-refractivity contribution is 6.32. The molecule has 4 nitrogen and oxygen atoms in total. The topological polar surface area (TPSA) is 54.0 Å². The van der Waals surface area contributed by atoms with Gasteiger partial charge in [-0.15, -0.1) is 0 Å². The number of amides is 1. The van der Waals surface area contributed by atoms with Gasteiger partial charge < -0.3 is 10.6 Å². The Labute approximate surface area is 106 Å². The van der Waals surface area contributed by atoms with Gasteiger partial charge in [-0.2, -0.15) is 0 Å². The highest BCUT2D eigenvalue weighted by atomic mass is 35.5. The second kappa shape index (κ2) is 4.63. The molecule has 0 aromatic carbocycles. The standard InChI is InChI=1S/C12H16ClN3O/c1-8-5-9(10(13)15-6-8)16-11(17)12(2)3-4-14-7-12/h5-6,14H,3-4,7H2,1-2H3,(H,16,17). The zero-order valence-electron chi connectivity index (χ0n) is 10.0. The molecule has 1 amide bonds. The normalized spacial score (nSPS) is 23.7. The van der Waals surface area contributed by atoms with Crippen LogP contribution in [0.3, 0.4) is 0 Å². The number of carbonyl (C=O) groups is 1. The Balaban J connectivity index is 2.15. The van der Waals surface area contributed by atoms with E-state index in [2.05, 4.69) is 15.6 Å². The van der Waals surface area contributed by atoms with Crippen molar-refractivity contribution in [1.82, 2.24) is 10.3 Å². The molecule has 5 heteroatoms. The maximum absolute atomic E-state index is 12.2. The van der Waals surface area contributed by atoms with Crippen LogP contribution in [0.5, 0.6) is 0 Å². The Bertz CT molecular complexity index is 441. The molecule has 2 heterocycles. The van der Waals surface area contributed by atoms with Gasteiger partial charge in [0.05, 0.1) is 11.1 Å². The molecule has 0 radical (unpaired) electrons. The molecule has 2 rings (SSSR count). The van der Waals surface area contributed by atoms with Crippen LogP contribution in [0.1, 0.15) is 18.9 Å². The van der Waals surface area contributed by atoms with E-state index in [0.29, 0.717) is 17.4 Å². The van der Waals surface area contributed by atoms with Crippen LogP contribution in [-0.4, -0.2) is 24.0 Å². The summed E-state index contributed by atoms with van der Waals surface area (Å²) in [6, 6.07) is 1.83. The molecular formula is C12H16ClN3O. The highest BCUT2D eigenvalue weighted by Gasteiger charge is 2.36. The number of hydrogen-bond donors (Lipinski definition) is 2. The maximum atomic E-state index is 12.2. The smallest absolute Gasteiger partial charge is 0.231 e. The lowest BCUT2D eigenvalue weighted by Gasteiger charge is -2.21. The van der Waals surface area contributed by atoms with Crippen LogP contribution in [0.15, 0.2) is 12.3 Å². The first-order valence-corrected chi connectivity index (χ1v) is 6.03. The molecule has 0 aliphatic carbocycles. The number of carbonyl (C=O) groups excluding carboxylic acids is 1. The van der Waals surface area contributed by atoms with E-state index in [1.807, 2.05) is 19.9 Å². The molecule has 1 unspecified atom stereocenters. The Morgan fingerprint density at radius 1 is 1.65 bits per heavy atom. The van der Waals surface area contributed by atoms with Crippen molar-refractivity contribution in [2.24, 2.45) is 5.41 Å². The fraction of sp³-hybridized carbons (Fsp3) is 0.500. The lowest BCUT2D eigenvalue weighted by Crippen LogP contribution is -2.35. The number of hydrogen-bond acceptors (Lipinski definition) is 3. The van der Waals surface area contributed by atoms with E-state index in [-0.39, 0.29) is 11.3 Å². The van der Waals surface area contributed by atoms with Crippen molar-refractivity contribution < 1.29 is 4.79 Å². The molecule has 1 aliphatic heterocycles. The van der Waals surface area contributed by atoms with Crippen molar-refractivity contribution in [1.29, 1.82) is 0 Å². The van der Waals surface area contributed by atoms with Gasteiger partial charge in [0, 0.05) is 12.7 Å². The number of nitrogens with zero attached hydrogens (tertiary/aromatic N) is 1. The first kappa shape index (κ1) is 12.3. The second-order valence-electron chi connectivity index (χ2n) is 4.79. The van der Waals surface area contributed by atoms with E-state index in [4.69, 9.17) is 11.6 Å². The van der Waals surface area contributed by atoms with Crippen LogP contribution in [-0.2, 0) is 4.79 Å². The van der Waals surface area contributed by atoms with E-state index >= 15 is 0 Å². The third-order valence-corrected chi connectivity index (χ3v) is 3.44. The molecule has 1 aromatic heterocycles. The van der Waals surface area contributed by atoms with Crippen LogP contribution in [0, 0.1) is 12.3 Å². The van der Waals surface area contributed by atoms with Crippen LogP contribution < -0.4 is 10.6 Å². The summed E-state index contributed by atoms with van der Waals surface area (Å²) in [5.41, 5.74) is 1.21. The quantitative estimate of drug-likeness (QED) is 0.793. The van der Waals surface area contributed by atoms with E-state index in [0.717, 1.165) is 18.5 Å².